The molecule has 0 saturated carbocycles. The van der Waals surface area contributed by atoms with Gasteiger partial charge in [-0.1, -0.05) is 18.2 Å². The monoisotopic (exact) mass is 328 g/mol. The molecule has 1 aromatic rings. The number of morpholine rings is 1. The van der Waals surface area contributed by atoms with Crippen molar-refractivity contribution in [2.24, 2.45) is 0 Å². The van der Waals surface area contributed by atoms with Gasteiger partial charge < -0.3 is 20.1 Å². The quantitative estimate of drug-likeness (QED) is 0.806. The summed E-state index contributed by atoms with van der Waals surface area (Å²) in [7, 11) is 0. The molecule has 6 heteroatoms. The van der Waals surface area contributed by atoms with E-state index in [1.165, 1.54) is 0 Å². The van der Waals surface area contributed by atoms with Gasteiger partial charge in [-0.25, -0.2) is 0 Å². The first kappa shape index (κ1) is 18.7. The third-order valence-corrected chi connectivity index (χ3v) is 3.66. The van der Waals surface area contributed by atoms with Gasteiger partial charge in [-0.05, 0) is 31.9 Å². The van der Waals surface area contributed by atoms with Crippen molar-refractivity contribution in [3.05, 3.63) is 29.3 Å². The Hall–Kier alpha value is -1.30. The lowest BCUT2D eigenvalue weighted by Gasteiger charge is -2.29. The molecule has 1 aliphatic rings. The van der Waals surface area contributed by atoms with Gasteiger partial charge >= 0.3 is 0 Å². The molecule has 1 amide bonds. The molecule has 0 aromatic heterocycles. The highest BCUT2D eigenvalue weighted by molar-refractivity contribution is 5.85. The van der Waals surface area contributed by atoms with Gasteiger partial charge in [0.2, 0.25) is 5.91 Å². The fourth-order valence-corrected chi connectivity index (χ4v) is 2.49. The van der Waals surface area contributed by atoms with Crippen molar-refractivity contribution < 1.29 is 14.3 Å². The lowest BCUT2D eigenvalue weighted by atomic mass is 10.1. The van der Waals surface area contributed by atoms with E-state index in [2.05, 4.69) is 10.6 Å². The third kappa shape index (κ3) is 4.87. The van der Waals surface area contributed by atoms with Crippen LogP contribution >= 0.6 is 12.4 Å². The largest absolute Gasteiger partial charge is 0.491 e. The Labute approximate surface area is 138 Å². The summed E-state index contributed by atoms with van der Waals surface area (Å²) in [6, 6.07) is 5.77. The summed E-state index contributed by atoms with van der Waals surface area (Å²) in [6.45, 7) is 8.25. The molecule has 22 heavy (non-hydrogen) atoms. The Morgan fingerprint density at radius 1 is 1.41 bits per heavy atom. The highest BCUT2D eigenvalue weighted by Gasteiger charge is 2.27. The minimum Gasteiger partial charge on any atom is -0.491 e. The third-order valence-electron chi connectivity index (χ3n) is 3.66. The maximum Gasteiger partial charge on any atom is 0.239 e. The predicted molar refractivity (Wildman–Crippen MR) is 88.9 cm³/mol. The smallest absolute Gasteiger partial charge is 0.239 e. The van der Waals surface area contributed by atoms with Crippen molar-refractivity contribution in [3.63, 3.8) is 0 Å². The van der Waals surface area contributed by atoms with Crippen LogP contribution in [0.2, 0.25) is 0 Å². The molecule has 124 valence electrons. The van der Waals surface area contributed by atoms with Gasteiger partial charge in [0, 0.05) is 6.54 Å². The van der Waals surface area contributed by atoms with Crippen molar-refractivity contribution in [3.8, 4) is 5.75 Å². The molecule has 0 spiro atoms. The van der Waals surface area contributed by atoms with E-state index in [1.807, 2.05) is 39.0 Å². The number of halogens is 1. The van der Waals surface area contributed by atoms with E-state index in [0.717, 1.165) is 16.9 Å². The van der Waals surface area contributed by atoms with Crippen molar-refractivity contribution in [1.82, 2.24) is 10.6 Å². The summed E-state index contributed by atoms with van der Waals surface area (Å²) < 4.78 is 11.2. The lowest BCUT2D eigenvalue weighted by Crippen LogP contribution is -2.55. The Balaban J connectivity index is 0.00000242. The number of hydrogen-bond acceptors (Lipinski definition) is 4. The zero-order valence-corrected chi connectivity index (χ0v) is 14.2. The van der Waals surface area contributed by atoms with Gasteiger partial charge in [-0.2, -0.15) is 0 Å². The fraction of sp³-hybridized carbons (Fsp3) is 0.562. The molecule has 0 radical (unpaired) electrons. The first-order valence-electron chi connectivity index (χ1n) is 7.41. The number of aryl methyl sites for hydroxylation is 2. The number of hydrogen-bond donors (Lipinski definition) is 2. The highest BCUT2D eigenvalue weighted by atomic mass is 35.5. The van der Waals surface area contributed by atoms with Gasteiger partial charge in [0.05, 0.1) is 19.3 Å². The zero-order chi connectivity index (χ0) is 15.2. The maximum atomic E-state index is 12.0. The van der Waals surface area contributed by atoms with E-state index in [9.17, 15) is 4.79 Å². The lowest BCUT2D eigenvalue weighted by molar-refractivity contribution is -0.129. The van der Waals surface area contributed by atoms with Gasteiger partial charge in [-0.3, -0.25) is 4.79 Å². The molecular formula is C16H25ClN2O3. The standard InChI is InChI=1S/C16H24N2O3.ClH/c1-11-5-4-6-12(2)15(11)21-10-8-18-16(19)14-13(3)20-9-7-17-14;/h4-6,13-14,17H,7-10H2,1-3H3,(H,18,19);1H/t13-,14+;/m1./s1. The van der Waals surface area contributed by atoms with Crippen LogP contribution in [0.5, 0.6) is 5.75 Å². The molecule has 1 heterocycles. The summed E-state index contributed by atoms with van der Waals surface area (Å²) in [5, 5.41) is 6.05. The maximum absolute atomic E-state index is 12.0. The summed E-state index contributed by atoms with van der Waals surface area (Å²) >= 11 is 0. The van der Waals surface area contributed by atoms with Gasteiger partial charge in [0.25, 0.3) is 0 Å². The minimum absolute atomic E-state index is 0. The van der Waals surface area contributed by atoms with Crippen LogP contribution < -0.4 is 15.4 Å². The second kappa shape index (κ2) is 8.98. The average molecular weight is 329 g/mol. The van der Waals surface area contributed by atoms with Crippen LogP contribution in [0, 0.1) is 13.8 Å². The SMILES string of the molecule is Cc1cccc(C)c1OCCNC(=O)[C@H]1NCCO[C@@H]1C.Cl. The molecule has 1 fully saturated rings. The van der Waals surface area contributed by atoms with Crippen molar-refractivity contribution in [2.75, 3.05) is 26.3 Å². The second-order valence-corrected chi connectivity index (χ2v) is 5.37. The van der Waals surface area contributed by atoms with Gasteiger partial charge in [-0.15, -0.1) is 12.4 Å². The van der Waals surface area contributed by atoms with Gasteiger partial charge in [0.15, 0.2) is 0 Å². The topological polar surface area (TPSA) is 59.6 Å². The number of rotatable bonds is 5. The van der Waals surface area contributed by atoms with Gasteiger partial charge in [0.1, 0.15) is 18.4 Å². The van der Waals surface area contributed by atoms with Crippen LogP contribution in [0.25, 0.3) is 0 Å². The zero-order valence-electron chi connectivity index (χ0n) is 13.3. The molecule has 1 aliphatic heterocycles. The average Bonchev–Trinajstić information content (AvgIpc) is 2.46. The van der Waals surface area contributed by atoms with E-state index in [-0.39, 0.29) is 30.5 Å². The molecule has 0 unspecified atom stereocenters. The van der Waals surface area contributed by atoms with E-state index >= 15 is 0 Å². The van der Waals surface area contributed by atoms with Crippen LogP contribution in [-0.4, -0.2) is 44.4 Å². The number of benzene rings is 1. The Bertz CT molecular complexity index is 476. The number of carbonyl (C=O) groups excluding carboxylic acids is 1. The van der Waals surface area contributed by atoms with Crippen LogP contribution in [0.4, 0.5) is 0 Å². The summed E-state index contributed by atoms with van der Waals surface area (Å²) in [6.07, 6.45) is -0.0988. The van der Waals surface area contributed by atoms with Crippen LogP contribution in [0.15, 0.2) is 18.2 Å². The van der Waals surface area contributed by atoms with Crippen molar-refractivity contribution in [1.29, 1.82) is 0 Å². The Kier molecular flexibility index (Phi) is 7.65. The first-order valence-corrected chi connectivity index (χ1v) is 7.41. The number of nitrogens with one attached hydrogen (secondary N) is 2. The normalized spacial score (nSPS) is 20.9. The van der Waals surface area contributed by atoms with Crippen molar-refractivity contribution >= 4 is 18.3 Å². The highest BCUT2D eigenvalue weighted by Crippen LogP contribution is 2.21. The minimum atomic E-state index is -0.279. The summed E-state index contributed by atoms with van der Waals surface area (Å²) in [5.41, 5.74) is 2.22. The van der Waals surface area contributed by atoms with E-state index in [4.69, 9.17) is 9.47 Å². The van der Waals surface area contributed by atoms with E-state index < -0.39 is 0 Å². The fourth-order valence-electron chi connectivity index (χ4n) is 2.49. The second-order valence-electron chi connectivity index (χ2n) is 5.37. The molecule has 2 N–H and O–H groups in total. The summed E-state index contributed by atoms with van der Waals surface area (Å²) in [4.78, 5) is 12.0. The molecule has 2 atom stereocenters. The van der Waals surface area contributed by atoms with Crippen LogP contribution in [0.3, 0.4) is 0 Å². The summed E-state index contributed by atoms with van der Waals surface area (Å²) in [5.74, 6) is 0.867. The number of carbonyl (C=O) groups is 1. The molecule has 1 saturated heterocycles. The van der Waals surface area contributed by atoms with Crippen molar-refractivity contribution in [2.45, 2.75) is 32.9 Å². The number of ether oxygens (including phenoxy) is 2. The molecule has 2 rings (SSSR count). The predicted octanol–water partition coefficient (Wildman–Crippen LogP) is 1.60. The molecule has 1 aromatic carbocycles. The Morgan fingerprint density at radius 3 is 2.73 bits per heavy atom. The molecular weight excluding hydrogens is 304 g/mol. The first-order chi connectivity index (χ1) is 10.1. The number of para-hydroxylation sites is 1. The van der Waals surface area contributed by atoms with E-state index in [0.29, 0.717) is 26.3 Å². The van der Waals surface area contributed by atoms with Crippen LogP contribution in [-0.2, 0) is 9.53 Å². The molecule has 0 aliphatic carbocycles. The Morgan fingerprint density at radius 2 is 2.09 bits per heavy atom. The molecule has 0 bridgehead atoms. The van der Waals surface area contributed by atoms with E-state index in [1.54, 1.807) is 0 Å². The van der Waals surface area contributed by atoms with Crippen LogP contribution in [0.1, 0.15) is 18.1 Å². The number of amides is 1. The molecule has 5 nitrogen and oxygen atoms in total.